The van der Waals surface area contributed by atoms with Crippen LogP contribution in [0.5, 0.6) is 0 Å². The van der Waals surface area contributed by atoms with E-state index in [0.29, 0.717) is 12.3 Å². The Labute approximate surface area is 163 Å². The lowest BCUT2D eigenvalue weighted by Gasteiger charge is -2.08. The highest BCUT2D eigenvalue weighted by Gasteiger charge is 2.14. The number of rotatable bonds is 7. The van der Waals surface area contributed by atoms with Gasteiger partial charge in [0.1, 0.15) is 0 Å². The Morgan fingerprint density at radius 1 is 1.23 bits per heavy atom. The zero-order valence-electron chi connectivity index (χ0n) is 13.7. The predicted molar refractivity (Wildman–Crippen MR) is 106 cm³/mol. The molecule has 3 rings (SSSR count). The molecule has 0 saturated heterocycles. The third-order valence-electron chi connectivity index (χ3n) is 3.62. The van der Waals surface area contributed by atoms with E-state index in [1.807, 2.05) is 34.9 Å². The summed E-state index contributed by atoms with van der Waals surface area (Å²) in [5, 5.41) is 20.3. The molecule has 6 nitrogen and oxygen atoms in total. The van der Waals surface area contributed by atoms with Crippen molar-refractivity contribution in [1.29, 1.82) is 0 Å². The zero-order chi connectivity index (χ0) is 18.5. The molecule has 26 heavy (non-hydrogen) atoms. The minimum atomic E-state index is -0.389. The van der Waals surface area contributed by atoms with Crippen LogP contribution in [0.15, 0.2) is 70.8 Å². The van der Waals surface area contributed by atoms with E-state index in [1.54, 1.807) is 18.2 Å². The number of nitro groups is 1. The monoisotopic (exact) mass is 430 g/mol. The van der Waals surface area contributed by atoms with E-state index in [9.17, 15) is 10.1 Å². The molecule has 0 unspecified atom stereocenters. The minimum absolute atomic E-state index is 0.0891. The molecule has 3 aromatic rings. The van der Waals surface area contributed by atoms with Crippen molar-refractivity contribution in [1.82, 2.24) is 14.8 Å². The maximum absolute atomic E-state index is 10.9. The van der Waals surface area contributed by atoms with Gasteiger partial charge in [0.25, 0.3) is 5.69 Å². The van der Waals surface area contributed by atoms with Crippen molar-refractivity contribution in [2.75, 3.05) is 0 Å². The first-order valence-electron chi connectivity index (χ1n) is 7.74. The summed E-state index contributed by atoms with van der Waals surface area (Å²) < 4.78 is 2.98. The Morgan fingerprint density at radius 2 is 2.00 bits per heavy atom. The van der Waals surface area contributed by atoms with E-state index in [4.69, 9.17) is 0 Å². The van der Waals surface area contributed by atoms with Crippen molar-refractivity contribution >= 4 is 33.4 Å². The van der Waals surface area contributed by atoms with Crippen molar-refractivity contribution in [3.63, 3.8) is 0 Å². The molecule has 0 aliphatic rings. The Balaban J connectivity index is 1.84. The summed E-state index contributed by atoms with van der Waals surface area (Å²) in [4.78, 5) is 10.5. The number of hydrogen-bond acceptors (Lipinski definition) is 5. The molecule has 0 fully saturated rings. The SMILES string of the molecule is C=CCn1c(SCc2cccc([N+](=O)[O-])c2)nnc1-c1ccc(Br)cc1. The van der Waals surface area contributed by atoms with Crippen LogP contribution >= 0.6 is 27.7 Å². The summed E-state index contributed by atoms with van der Waals surface area (Å²) in [5.41, 5.74) is 1.92. The number of non-ortho nitro benzene ring substituents is 1. The number of nitro benzene ring substituents is 1. The zero-order valence-corrected chi connectivity index (χ0v) is 16.1. The summed E-state index contributed by atoms with van der Waals surface area (Å²) >= 11 is 4.92. The lowest BCUT2D eigenvalue weighted by molar-refractivity contribution is -0.384. The second kappa shape index (κ2) is 8.29. The molecule has 0 spiro atoms. The summed E-state index contributed by atoms with van der Waals surface area (Å²) in [5.74, 6) is 1.33. The molecule has 8 heteroatoms. The van der Waals surface area contributed by atoms with Gasteiger partial charge in [-0.3, -0.25) is 14.7 Å². The molecule has 0 N–H and O–H groups in total. The van der Waals surface area contributed by atoms with E-state index >= 15 is 0 Å². The number of allylic oxidation sites excluding steroid dienone is 1. The average Bonchev–Trinajstić information content (AvgIpc) is 3.04. The standard InChI is InChI=1S/C18H15BrN4O2S/c1-2-10-22-17(14-6-8-15(19)9-7-14)20-21-18(22)26-12-13-4-3-5-16(11-13)23(24)25/h2-9,11H,1,10,12H2. The van der Waals surface area contributed by atoms with Crippen LogP contribution in [-0.2, 0) is 12.3 Å². The molecule has 132 valence electrons. The normalized spacial score (nSPS) is 10.7. The fraction of sp³-hybridized carbons (Fsp3) is 0.111. The maximum Gasteiger partial charge on any atom is 0.269 e. The van der Waals surface area contributed by atoms with Crippen LogP contribution in [0.2, 0.25) is 0 Å². The van der Waals surface area contributed by atoms with Gasteiger partial charge < -0.3 is 0 Å². The molecule has 2 aromatic carbocycles. The third-order valence-corrected chi connectivity index (χ3v) is 5.19. The number of thioether (sulfide) groups is 1. The second-order valence-corrected chi connectivity index (χ2v) is 7.29. The first-order chi connectivity index (χ1) is 12.6. The molecule has 1 aromatic heterocycles. The predicted octanol–water partition coefficient (Wildman–Crippen LogP) is 5.09. The van der Waals surface area contributed by atoms with Crippen LogP contribution in [0.3, 0.4) is 0 Å². The van der Waals surface area contributed by atoms with E-state index in [1.165, 1.54) is 17.8 Å². The molecule has 0 bridgehead atoms. The Hall–Kier alpha value is -2.45. The summed E-state index contributed by atoms with van der Waals surface area (Å²) in [6, 6.07) is 14.5. The van der Waals surface area contributed by atoms with Crippen molar-refractivity contribution in [3.8, 4) is 11.4 Å². The Bertz CT molecular complexity index is 941. The largest absolute Gasteiger partial charge is 0.298 e. The van der Waals surface area contributed by atoms with Crippen LogP contribution in [0.4, 0.5) is 5.69 Å². The van der Waals surface area contributed by atoms with Gasteiger partial charge in [0.2, 0.25) is 0 Å². The first kappa shape index (κ1) is 18.3. The van der Waals surface area contributed by atoms with Crippen LogP contribution in [0.25, 0.3) is 11.4 Å². The van der Waals surface area contributed by atoms with E-state index in [-0.39, 0.29) is 10.6 Å². The second-order valence-electron chi connectivity index (χ2n) is 5.43. The average molecular weight is 431 g/mol. The van der Waals surface area contributed by atoms with Crippen molar-refractivity contribution in [2.24, 2.45) is 0 Å². The van der Waals surface area contributed by atoms with Gasteiger partial charge in [0.15, 0.2) is 11.0 Å². The van der Waals surface area contributed by atoms with Gasteiger partial charge in [0, 0.05) is 34.5 Å². The molecule has 0 saturated carbocycles. The topological polar surface area (TPSA) is 73.8 Å². The van der Waals surface area contributed by atoms with E-state index in [0.717, 1.165) is 26.6 Å². The van der Waals surface area contributed by atoms with Gasteiger partial charge >= 0.3 is 0 Å². The highest BCUT2D eigenvalue weighted by atomic mass is 79.9. The van der Waals surface area contributed by atoms with Gasteiger partial charge in [-0.2, -0.15) is 0 Å². The van der Waals surface area contributed by atoms with Crippen molar-refractivity contribution in [3.05, 3.63) is 81.3 Å². The molecule has 1 heterocycles. The summed E-state index contributed by atoms with van der Waals surface area (Å²) in [7, 11) is 0. The Morgan fingerprint density at radius 3 is 2.69 bits per heavy atom. The van der Waals surface area contributed by atoms with Gasteiger partial charge in [-0.05, 0) is 17.7 Å². The number of nitrogens with zero attached hydrogens (tertiary/aromatic N) is 4. The number of hydrogen-bond donors (Lipinski definition) is 0. The molecule has 0 aliphatic heterocycles. The highest BCUT2D eigenvalue weighted by molar-refractivity contribution is 9.10. The van der Waals surface area contributed by atoms with Crippen LogP contribution in [0.1, 0.15) is 5.56 Å². The van der Waals surface area contributed by atoms with E-state index in [2.05, 4.69) is 32.7 Å². The quantitative estimate of drug-likeness (QED) is 0.225. The number of halogens is 1. The maximum atomic E-state index is 10.9. The molecule has 0 aliphatic carbocycles. The minimum Gasteiger partial charge on any atom is -0.298 e. The molecule has 0 amide bonds. The van der Waals surface area contributed by atoms with Gasteiger partial charge in [0.05, 0.1) is 4.92 Å². The number of benzene rings is 2. The van der Waals surface area contributed by atoms with Crippen LogP contribution < -0.4 is 0 Å². The van der Waals surface area contributed by atoms with Gasteiger partial charge in [-0.25, -0.2) is 0 Å². The van der Waals surface area contributed by atoms with Crippen molar-refractivity contribution < 1.29 is 4.92 Å². The van der Waals surface area contributed by atoms with E-state index < -0.39 is 0 Å². The molecular formula is C18H15BrN4O2S. The lowest BCUT2D eigenvalue weighted by Crippen LogP contribution is -2.00. The lowest BCUT2D eigenvalue weighted by atomic mass is 10.2. The van der Waals surface area contributed by atoms with Gasteiger partial charge in [-0.1, -0.05) is 58.0 Å². The van der Waals surface area contributed by atoms with Crippen LogP contribution in [0, 0.1) is 10.1 Å². The summed E-state index contributed by atoms with van der Waals surface area (Å²) in [6.07, 6.45) is 1.79. The van der Waals surface area contributed by atoms with Crippen LogP contribution in [-0.4, -0.2) is 19.7 Å². The smallest absolute Gasteiger partial charge is 0.269 e. The summed E-state index contributed by atoms with van der Waals surface area (Å²) in [6.45, 7) is 4.39. The first-order valence-corrected chi connectivity index (χ1v) is 9.52. The van der Waals surface area contributed by atoms with Crippen molar-refractivity contribution in [2.45, 2.75) is 17.5 Å². The molecular weight excluding hydrogens is 416 g/mol. The number of aromatic nitrogens is 3. The fourth-order valence-corrected chi connectivity index (χ4v) is 3.56. The fourth-order valence-electron chi connectivity index (χ4n) is 2.41. The Kier molecular flexibility index (Phi) is 5.85. The van der Waals surface area contributed by atoms with Gasteiger partial charge in [-0.15, -0.1) is 16.8 Å². The molecule has 0 atom stereocenters. The molecule has 0 radical (unpaired) electrons. The third kappa shape index (κ3) is 4.20. The highest BCUT2D eigenvalue weighted by Crippen LogP contribution is 2.28.